The number of anilines is 1. The van der Waals surface area contributed by atoms with Gasteiger partial charge in [-0.15, -0.1) is 0 Å². The lowest BCUT2D eigenvalue weighted by Gasteiger charge is -2.27. The second-order valence-electron chi connectivity index (χ2n) is 7.16. The van der Waals surface area contributed by atoms with Crippen molar-refractivity contribution in [1.29, 1.82) is 5.26 Å². The van der Waals surface area contributed by atoms with Gasteiger partial charge in [0.05, 0.1) is 12.6 Å². The summed E-state index contributed by atoms with van der Waals surface area (Å²) in [6.45, 7) is -0.0385. The first-order valence-corrected chi connectivity index (χ1v) is 10.8. The number of nitrogens with zero attached hydrogens (tertiary/aromatic N) is 2. The van der Waals surface area contributed by atoms with E-state index in [1.807, 2.05) is 24.3 Å². The predicted octanol–water partition coefficient (Wildman–Crippen LogP) is 3.18. The lowest BCUT2D eigenvalue weighted by Crippen LogP contribution is -2.30. The van der Waals surface area contributed by atoms with Gasteiger partial charge in [-0.05, 0) is 55.2 Å². The molecule has 1 amide bonds. The van der Waals surface area contributed by atoms with Crippen molar-refractivity contribution in [2.75, 3.05) is 24.5 Å². The summed E-state index contributed by atoms with van der Waals surface area (Å²) in [5, 5.41) is 8.82. The zero-order valence-corrected chi connectivity index (χ0v) is 16.2. The molecule has 146 valence electrons. The summed E-state index contributed by atoms with van der Waals surface area (Å²) in [4.78, 5) is 13.4. The summed E-state index contributed by atoms with van der Waals surface area (Å²) in [5.41, 5.74) is 0.627. The molecule has 0 spiro atoms. The zero-order valence-electron chi connectivity index (χ0n) is 15.3. The Kier molecular flexibility index (Phi) is 6.02. The number of hydrogen-bond acceptors (Lipinski definition) is 6. The molecule has 0 radical (unpaired) electrons. The molecule has 27 heavy (non-hydrogen) atoms. The highest BCUT2D eigenvalue weighted by atomic mass is 32.2. The molecule has 1 aromatic rings. The van der Waals surface area contributed by atoms with Gasteiger partial charge in [-0.3, -0.25) is 4.90 Å². The molecule has 7 nitrogen and oxygen atoms in total. The molecule has 8 heteroatoms. The second-order valence-corrected chi connectivity index (χ2v) is 9.25. The van der Waals surface area contributed by atoms with Crippen molar-refractivity contribution in [2.24, 2.45) is 5.92 Å². The number of cyclic esters (lactones) is 1. The van der Waals surface area contributed by atoms with Crippen LogP contribution in [0.2, 0.25) is 0 Å². The molecule has 3 rings (SSSR count). The van der Waals surface area contributed by atoms with Crippen LogP contribution in [0.15, 0.2) is 24.3 Å². The van der Waals surface area contributed by atoms with Gasteiger partial charge in [0, 0.05) is 19.2 Å². The molecule has 1 saturated heterocycles. The Morgan fingerprint density at radius 1 is 1.22 bits per heavy atom. The van der Waals surface area contributed by atoms with E-state index in [0.29, 0.717) is 23.9 Å². The molecule has 0 N–H and O–H groups in total. The maximum atomic E-state index is 12.1. The Morgan fingerprint density at radius 3 is 2.48 bits per heavy atom. The quantitative estimate of drug-likeness (QED) is 0.738. The van der Waals surface area contributed by atoms with E-state index in [9.17, 15) is 13.2 Å². The highest BCUT2D eigenvalue weighted by Gasteiger charge is 2.40. The van der Waals surface area contributed by atoms with Crippen LogP contribution in [-0.4, -0.2) is 39.5 Å². The van der Waals surface area contributed by atoms with Crippen LogP contribution in [0.1, 0.15) is 43.6 Å². The second kappa shape index (κ2) is 8.28. The molecule has 2 fully saturated rings. The van der Waals surface area contributed by atoms with E-state index < -0.39 is 27.3 Å². The van der Waals surface area contributed by atoms with E-state index in [1.54, 1.807) is 0 Å². The Labute approximate surface area is 159 Å². The van der Waals surface area contributed by atoms with Crippen molar-refractivity contribution in [3.63, 3.8) is 0 Å². The number of carbonyl (C=O) groups excluding carboxylic acids is 1. The first kappa shape index (κ1) is 19.6. The number of methoxy groups -OCH3 is 1. The number of nitriles is 1. The van der Waals surface area contributed by atoms with Crippen LogP contribution in [0.3, 0.4) is 0 Å². The Bertz CT molecular complexity index is 807. The molecular weight excluding hydrogens is 368 g/mol. The van der Waals surface area contributed by atoms with Gasteiger partial charge in [-0.25, -0.2) is 13.2 Å². The summed E-state index contributed by atoms with van der Waals surface area (Å²) < 4.78 is 33.8. The topological polar surface area (TPSA) is 96.7 Å². The Hall–Kier alpha value is -2.11. The first-order chi connectivity index (χ1) is 12.9. The van der Waals surface area contributed by atoms with E-state index in [0.717, 1.165) is 25.7 Å². The molecule has 0 bridgehead atoms. The fraction of sp³-hybridized carbons (Fsp3) is 0.579. The number of carbonyl (C=O) groups is 1. The van der Waals surface area contributed by atoms with E-state index in [1.165, 1.54) is 17.6 Å². The summed E-state index contributed by atoms with van der Waals surface area (Å²) in [6, 6.07) is 9.92. The van der Waals surface area contributed by atoms with E-state index in [-0.39, 0.29) is 6.54 Å². The molecule has 0 aromatic heterocycles. The van der Waals surface area contributed by atoms with Gasteiger partial charge in [0.25, 0.3) is 0 Å². The van der Waals surface area contributed by atoms with Crippen molar-refractivity contribution < 1.29 is 22.7 Å². The molecule has 1 heterocycles. The van der Waals surface area contributed by atoms with Crippen LogP contribution in [0.25, 0.3) is 0 Å². The number of amides is 1. The maximum absolute atomic E-state index is 12.1. The predicted molar refractivity (Wildman–Crippen MR) is 99.8 cm³/mol. The summed E-state index contributed by atoms with van der Waals surface area (Å²) in [5.74, 6) is 0.497. The lowest BCUT2D eigenvalue weighted by molar-refractivity contribution is 0.165. The average molecular weight is 392 g/mol. The van der Waals surface area contributed by atoms with Crippen molar-refractivity contribution in [3.05, 3.63) is 29.8 Å². The molecule has 1 atom stereocenters. The minimum Gasteiger partial charge on any atom is -0.427 e. The molecule has 1 aromatic carbocycles. The highest BCUT2D eigenvalue weighted by Crippen LogP contribution is 2.37. The maximum Gasteiger partial charge on any atom is 0.415 e. The van der Waals surface area contributed by atoms with Crippen LogP contribution < -0.4 is 4.90 Å². The summed E-state index contributed by atoms with van der Waals surface area (Å²) in [7, 11) is -2.36. The van der Waals surface area contributed by atoms with Crippen LogP contribution in [0.4, 0.5) is 10.5 Å². The Balaban J connectivity index is 1.64. The van der Waals surface area contributed by atoms with E-state index in [2.05, 4.69) is 10.8 Å². The fourth-order valence-corrected chi connectivity index (χ4v) is 4.92. The van der Waals surface area contributed by atoms with Gasteiger partial charge < -0.3 is 9.47 Å². The van der Waals surface area contributed by atoms with Crippen LogP contribution >= 0.6 is 0 Å². The lowest BCUT2D eigenvalue weighted by atomic mass is 9.78. The van der Waals surface area contributed by atoms with Crippen molar-refractivity contribution in [3.8, 4) is 6.07 Å². The third-order valence-electron chi connectivity index (χ3n) is 5.37. The highest BCUT2D eigenvalue weighted by molar-refractivity contribution is 7.91. The number of sulfone groups is 1. The van der Waals surface area contributed by atoms with Crippen molar-refractivity contribution in [1.82, 2.24) is 0 Å². The van der Waals surface area contributed by atoms with Gasteiger partial charge >= 0.3 is 6.09 Å². The fourth-order valence-electron chi connectivity index (χ4n) is 3.83. The molecule has 1 aliphatic carbocycles. The zero-order chi connectivity index (χ0) is 19.4. The minimum absolute atomic E-state index is 0.0385. The molecule has 1 unspecified atom stereocenters. The largest absolute Gasteiger partial charge is 0.427 e. The molecule has 2 aliphatic rings. The van der Waals surface area contributed by atoms with Gasteiger partial charge in [-0.2, -0.15) is 5.26 Å². The van der Waals surface area contributed by atoms with E-state index in [4.69, 9.17) is 10.00 Å². The van der Waals surface area contributed by atoms with E-state index >= 15 is 0 Å². The minimum atomic E-state index is -3.65. The third kappa shape index (κ3) is 4.42. The normalized spacial score (nSPS) is 25.9. The van der Waals surface area contributed by atoms with Gasteiger partial charge in [-0.1, -0.05) is 12.1 Å². The number of rotatable bonds is 6. The Morgan fingerprint density at radius 2 is 1.89 bits per heavy atom. The van der Waals surface area contributed by atoms with Gasteiger partial charge in [0.1, 0.15) is 0 Å². The molecule has 1 saturated carbocycles. The van der Waals surface area contributed by atoms with Gasteiger partial charge in [0.15, 0.2) is 5.94 Å². The van der Waals surface area contributed by atoms with Crippen LogP contribution in [-0.2, 0) is 19.3 Å². The van der Waals surface area contributed by atoms with Crippen LogP contribution in [0.5, 0.6) is 0 Å². The monoisotopic (exact) mass is 392 g/mol. The standard InChI is InChI=1S/C19H24N2O5S/c1-25-13-27(23,24)18-12-21(19(22)26-18)17-8-6-16(7-9-17)15-4-2-14(3-5-15)10-11-20/h6-9,14-15,18H,2-5,10,12-13H2,1H3. The number of ether oxygens (including phenoxy) is 2. The smallest absolute Gasteiger partial charge is 0.415 e. The summed E-state index contributed by atoms with van der Waals surface area (Å²) in [6.07, 6.45) is 4.23. The van der Waals surface area contributed by atoms with Gasteiger partial charge in [0.2, 0.25) is 15.3 Å². The molecule has 1 aliphatic heterocycles. The third-order valence-corrected chi connectivity index (χ3v) is 6.98. The number of hydrogen-bond donors (Lipinski definition) is 0. The molecular formula is C19H24N2O5S. The van der Waals surface area contributed by atoms with Crippen molar-refractivity contribution >= 4 is 21.6 Å². The van der Waals surface area contributed by atoms with Crippen molar-refractivity contribution in [2.45, 2.75) is 43.5 Å². The first-order valence-electron chi connectivity index (χ1n) is 9.10. The summed E-state index contributed by atoms with van der Waals surface area (Å²) >= 11 is 0. The number of benzene rings is 1. The average Bonchev–Trinajstić information content (AvgIpc) is 3.06. The van der Waals surface area contributed by atoms with Crippen LogP contribution in [0, 0.1) is 17.2 Å². The SMILES string of the molecule is COCS(=O)(=O)C1CN(c2ccc(C3CCC(CC#N)CC3)cc2)C(=O)O1.